The van der Waals surface area contributed by atoms with Crippen LogP contribution in [0.4, 0.5) is 0 Å². The quantitative estimate of drug-likeness (QED) is 0.847. The molecule has 1 N–H and O–H groups in total. The van der Waals surface area contributed by atoms with Gasteiger partial charge < -0.3 is 15.0 Å². The highest BCUT2D eigenvalue weighted by molar-refractivity contribution is 5.19. The molecule has 1 aliphatic rings. The maximum Gasteiger partial charge on any atom is 0.251 e. The highest BCUT2D eigenvalue weighted by atomic mass is 16.1. The van der Waals surface area contributed by atoms with Crippen molar-refractivity contribution in [2.75, 3.05) is 0 Å². The van der Waals surface area contributed by atoms with Crippen molar-refractivity contribution in [2.45, 2.75) is 25.7 Å². The van der Waals surface area contributed by atoms with Gasteiger partial charge >= 0.3 is 0 Å². The van der Waals surface area contributed by atoms with E-state index in [0.29, 0.717) is 18.2 Å². The molecule has 0 aromatic carbocycles. The van der Waals surface area contributed by atoms with Gasteiger partial charge in [0.2, 0.25) is 0 Å². The van der Waals surface area contributed by atoms with Crippen LogP contribution in [-0.4, -0.2) is 9.97 Å². The van der Waals surface area contributed by atoms with Gasteiger partial charge in [0, 0.05) is 11.3 Å². The van der Waals surface area contributed by atoms with E-state index in [1.165, 1.54) is 6.42 Å². The predicted octanol–water partition coefficient (Wildman–Crippen LogP) is 1.83. The predicted molar refractivity (Wildman–Crippen MR) is 73.0 cm³/mol. The molecular formula is C15H16N3O-. The molecule has 4 nitrogen and oxygen atoms in total. The molecule has 2 aromatic rings. The number of aromatic amines is 1. The molecule has 0 bridgehead atoms. The van der Waals surface area contributed by atoms with Crippen LogP contribution in [0.1, 0.15) is 29.9 Å². The molecule has 2 heterocycles. The van der Waals surface area contributed by atoms with E-state index < -0.39 is 0 Å². The van der Waals surface area contributed by atoms with E-state index in [0.717, 1.165) is 24.1 Å². The Morgan fingerprint density at radius 2 is 2.37 bits per heavy atom. The van der Waals surface area contributed by atoms with E-state index in [-0.39, 0.29) is 5.56 Å². The topological polar surface area (TPSA) is 59.9 Å². The fraction of sp³-hybridized carbons (Fsp3) is 0.333. The second-order valence-corrected chi connectivity index (χ2v) is 4.96. The smallest absolute Gasteiger partial charge is 0.251 e. The van der Waals surface area contributed by atoms with Crippen LogP contribution in [0.15, 0.2) is 41.5 Å². The fourth-order valence-corrected chi connectivity index (χ4v) is 2.48. The summed E-state index contributed by atoms with van der Waals surface area (Å²) in [6, 6.07) is 3.90. The highest BCUT2D eigenvalue weighted by Crippen LogP contribution is 2.20. The molecule has 0 saturated carbocycles. The molecule has 0 aliphatic heterocycles. The van der Waals surface area contributed by atoms with Gasteiger partial charge in [-0.1, -0.05) is 36.4 Å². The van der Waals surface area contributed by atoms with Crippen molar-refractivity contribution in [3.63, 3.8) is 0 Å². The number of H-pyrrole nitrogens is 1. The number of imidazole rings is 1. The van der Waals surface area contributed by atoms with E-state index in [1.807, 2.05) is 12.1 Å². The second-order valence-electron chi connectivity index (χ2n) is 4.96. The lowest BCUT2D eigenvalue weighted by atomic mass is 10.0. The Kier molecular flexibility index (Phi) is 3.31. The Morgan fingerprint density at radius 3 is 3.05 bits per heavy atom. The summed E-state index contributed by atoms with van der Waals surface area (Å²) < 4.78 is 0. The number of rotatable bonds is 4. The van der Waals surface area contributed by atoms with Gasteiger partial charge in [0.15, 0.2) is 0 Å². The number of pyridine rings is 1. The highest BCUT2D eigenvalue weighted by Gasteiger charge is 2.11. The van der Waals surface area contributed by atoms with Crippen molar-refractivity contribution in [2.24, 2.45) is 5.92 Å². The zero-order valence-electron chi connectivity index (χ0n) is 10.7. The Morgan fingerprint density at radius 1 is 1.42 bits per heavy atom. The van der Waals surface area contributed by atoms with E-state index in [2.05, 4.69) is 27.1 Å². The molecular weight excluding hydrogens is 238 g/mol. The number of hydrogen-bond donors (Lipinski definition) is 1. The molecule has 4 heteroatoms. The van der Waals surface area contributed by atoms with Crippen LogP contribution >= 0.6 is 0 Å². The van der Waals surface area contributed by atoms with E-state index in [1.54, 1.807) is 12.4 Å². The number of allylic oxidation sites excluding steroid dienone is 2. The molecule has 3 rings (SSSR count). The van der Waals surface area contributed by atoms with E-state index >= 15 is 0 Å². The van der Waals surface area contributed by atoms with Crippen LogP contribution in [-0.2, 0) is 12.8 Å². The molecule has 2 aromatic heterocycles. The lowest BCUT2D eigenvalue weighted by molar-refractivity contribution is 0.618. The van der Waals surface area contributed by atoms with Gasteiger partial charge in [0.05, 0.1) is 0 Å². The van der Waals surface area contributed by atoms with E-state index in [4.69, 9.17) is 0 Å². The summed E-state index contributed by atoms with van der Waals surface area (Å²) >= 11 is 0. The van der Waals surface area contributed by atoms with Gasteiger partial charge in [-0.2, -0.15) is 0 Å². The largest absolute Gasteiger partial charge is 0.446 e. The SMILES string of the molecule is O=c1[nH]c(CC2C=CCC2)ccc1Cc1ncc[n-]1. The summed E-state index contributed by atoms with van der Waals surface area (Å²) in [6.45, 7) is 0. The molecule has 1 unspecified atom stereocenters. The minimum Gasteiger partial charge on any atom is -0.446 e. The third kappa shape index (κ3) is 2.84. The van der Waals surface area contributed by atoms with Crippen molar-refractivity contribution in [3.05, 3.63) is 64.1 Å². The zero-order valence-corrected chi connectivity index (χ0v) is 10.7. The van der Waals surface area contributed by atoms with Crippen LogP contribution in [0.3, 0.4) is 0 Å². The van der Waals surface area contributed by atoms with Gasteiger partial charge in [-0.05, 0) is 37.7 Å². The molecule has 0 saturated heterocycles. The van der Waals surface area contributed by atoms with Gasteiger partial charge in [-0.25, -0.2) is 0 Å². The summed E-state index contributed by atoms with van der Waals surface area (Å²) in [5.41, 5.74) is 1.70. The van der Waals surface area contributed by atoms with Crippen LogP contribution < -0.4 is 10.5 Å². The Balaban J connectivity index is 1.74. The first kappa shape index (κ1) is 12.0. The third-order valence-corrected chi connectivity index (χ3v) is 3.51. The molecule has 1 atom stereocenters. The lowest BCUT2D eigenvalue weighted by Gasteiger charge is -2.09. The van der Waals surface area contributed by atoms with Crippen LogP contribution in [0, 0.1) is 5.92 Å². The normalized spacial score (nSPS) is 18.0. The lowest BCUT2D eigenvalue weighted by Crippen LogP contribution is -2.16. The number of nitrogens with zero attached hydrogens (tertiary/aromatic N) is 2. The number of nitrogens with one attached hydrogen (secondary N) is 1. The minimum atomic E-state index is -0.0238. The van der Waals surface area contributed by atoms with Crippen molar-refractivity contribution in [1.29, 1.82) is 0 Å². The third-order valence-electron chi connectivity index (χ3n) is 3.51. The summed E-state index contributed by atoms with van der Waals surface area (Å²) in [5, 5.41) is 0. The Bertz CT molecular complexity index is 625. The van der Waals surface area contributed by atoms with Crippen LogP contribution in [0.2, 0.25) is 0 Å². The molecule has 0 fully saturated rings. The average molecular weight is 254 g/mol. The Hall–Kier alpha value is -2.10. The summed E-state index contributed by atoms with van der Waals surface area (Å²) in [6.07, 6.45) is 11.5. The summed E-state index contributed by atoms with van der Waals surface area (Å²) in [7, 11) is 0. The maximum atomic E-state index is 12.0. The molecule has 0 amide bonds. The van der Waals surface area contributed by atoms with Crippen molar-refractivity contribution in [1.82, 2.24) is 15.0 Å². The van der Waals surface area contributed by atoms with Crippen molar-refractivity contribution >= 4 is 0 Å². The first-order valence-corrected chi connectivity index (χ1v) is 6.61. The minimum absolute atomic E-state index is 0.0238. The maximum absolute atomic E-state index is 12.0. The average Bonchev–Trinajstić information content (AvgIpc) is 3.05. The number of hydrogen-bond acceptors (Lipinski definition) is 2. The second kappa shape index (κ2) is 5.26. The van der Waals surface area contributed by atoms with Gasteiger partial charge in [-0.15, -0.1) is 0 Å². The monoisotopic (exact) mass is 254 g/mol. The van der Waals surface area contributed by atoms with Crippen LogP contribution in [0.25, 0.3) is 0 Å². The van der Waals surface area contributed by atoms with Crippen molar-refractivity contribution in [3.8, 4) is 0 Å². The van der Waals surface area contributed by atoms with Crippen LogP contribution in [0.5, 0.6) is 0 Å². The van der Waals surface area contributed by atoms with Gasteiger partial charge in [0.1, 0.15) is 0 Å². The molecule has 98 valence electrons. The summed E-state index contributed by atoms with van der Waals surface area (Å²) in [4.78, 5) is 23.2. The summed E-state index contributed by atoms with van der Waals surface area (Å²) in [5.74, 6) is 1.26. The molecule has 0 radical (unpaired) electrons. The number of aromatic nitrogens is 3. The standard InChI is InChI=1S/C15H17N3O/c19-15-12(10-14-16-7-8-17-14)5-6-13(18-15)9-11-3-1-2-4-11/h1,3,5-8,11H,2,4,9-10H2,(H2,16,17,18,19)/p-1. The van der Waals surface area contributed by atoms with Gasteiger partial charge in [0.25, 0.3) is 5.56 Å². The Labute approximate surface area is 111 Å². The first-order valence-electron chi connectivity index (χ1n) is 6.61. The molecule has 19 heavy (non-hydrogen) atoms. The van der Waals surface area contributed by atoms with Gasteiger partial charge in [-0.3, -0.25) is 4.79 Å². The zero-order chi connectivity index (χ0) is 13.1. The van der Waals surface area contributed by atoms with Crippen molar-refractivity contribution < 1.29 is 0 Å². The molecule has 1 aliphatic carbocycles. The molecule has 0 spiro atoms. The first-order chi connectivity index (χ1) is 9.31. The van der Waals surface area contributed by atoms with E-state index in [9.17, 15) is 4.79 Å². The fourth-order valence-electron chi connectivity index (χ4n) is 2.48.